The number of nitrogens with one attached hydrogen (secondary N) is 3. The van der Waals surface area contributed by atoms with Crippen LogP contribution in [0.1, 0.15) is 45.3 Å². The number of hydrogen-bond acceptors (Lipinski definition) is 7. The van der Waals surface area contributed by atoms with Crippen LogP contribution in [0.15, 0.2) is 34.8 Å². The maximum Gasteiger partial charge on any atom is 0.209 e. The number of allylic oxidation sites excluding steroid dienone is 1. The Hall–Kier alpha value is -2.25. The van der Waals surface area contributed by atoms with Crippen molar-refractivity contribution in [2.45, 2.75) is 45.8 Å². The molecule has 1 aromatic rings. The summed E-state index contributed by atoms with van der Waals surface area (Å²) in [5.41, 5.74) is 4.41. The van der Waals surface area contributed by atoms with Crippen LogP contribution in [0.4, 0.5) is 5.82 Å². The average molecular weight is 430 g/mol. The van der Waals surface area contributed by atoms with Crippen molar-refractivity contribution in [1.29, 1.82) is 0 Å². The second kappa shape index (κ2) is 7.17. The van der Waals surface area contributed by atoms with Crippen molar-refractivity contribution in [3.8, 4) is 0 Å². The van der Waals surface area contributed by atoms with E-state index in [1.807, 2.05) is 12.1 Å². The minimum Gasteiger partial charge on any atom is -0.384 e. The monoisotopic (exact) mass is 429 g/mol. The summed E-state index contributed by atoms with van der Waals surface area (Å²) in [6, 6.07) is 4.19. The lowest BCUT2D eigenvalue weighted by Crippen LogP contribution is -2.37. The van der Waals surface area contributed by atoms with E-state index in [1.165, 1.54) is 0 Å². The molecule has 4 heterocycles. The summed E-state index contributed by atoms with van der Waals surface area (Å²) in [6.07, 6.45) is 1.50. The lowest BCUT2D eigenvalue weighted by atomic mass is 9.75. The second-order valence-corrected chi connectivity index (χ2v) is 9.33. The van der Waals surface area contributed by atoms with Gasteiger partial charge in [-0.05, 0) is 18.6 Å². The van der Waals surface area contributed by atoms with Crippen LogP contribution in [-0.2, 0) is 9.53 Å². The van der Waals surface area contributed by atoms with E-state index in [1.54, 1.807) is 0 Å². The maximum absolute atomic E-state index is 13.4. The normalized spacial score (nSPS) is 27.5. The zero-order valence-corrected chi connectivity index (χ0v) is 18.4. The summed E-state index contributed by atoms with van der Waals surface area (Å²) in [7, 11) is 0. The van der Waals surface area contributed by atoms with E-state index in [2.05, 4.69) is 46.6 Å². The maximum atomic E-state index is 13.4. The second-order valence-electron chi connectivity index (χ2n) is 8.94. The van der Waals surface area contributed by atoms with Crippen molar-refractivity contribution in [3.63, 3.8) is 0 Å². The van der Waals surface area contributed by atoms with E-state index in [0.29, 0.717) is 24.1 Å². The molecule has 0 bridgehead atoms. The number of halogens is 1. The third-order valence-corrected chi connectivity index (χ3v) is 6.96. The number of hydrogen-bond donors (Lipinski definition) is 3. The van der Waals surface area contributed by atoms with Crippen molar-refractivity contribution < 1.29 is 9.53 Å². The fourth-order valence-corrected chi connectivity index (χ4v) is 5.37. The highest BCUT2D eigenvalue weighted by molar-refractivity contribution is 6.29. The molecule has 1 aliphatic carbocycles. The molecular formula is C22H28ClN5O2. The fraction of sp³-hybridized carbons (Fsp3) is 0.545. The molecular weight excluding hydrogens is 402 g/mol. The molecule has 2 atom stereocenters. The van der Waals surface area contributed by atoms with Gasteiger partial charge < -0.3 is 25.6 Å². The molecule has 0 spiro atoms. The third-order valence-electron chi connectivity index (χ3n) is 6.76. The van der Waals surface area contributed by atoms with Crippen molar-refractivity contribution >= 4 is 23.2 Å². The van der Waals surface area contributed by atoms with Gasteiger partial charge in [0.15, 0.2) is 0 Å². The predicted molar refractivity (Wildman–Crippen MR) is 116 cm³/mol. The van der Waals surface area contributed by atoms with Crippen LogP contribution in [0.25, 0.3) is 0 Å². The van der Waals surface area contributed by atoms with Gasteiger partial charge in [0.2, 0.25) is 5.78 Å². The van der Waals surface area contributed by atoms with Gasteiger partial charge in [0.25, 0.3) is 0 Å². The molecule has 0 aromatic carbocycles. The van der Waals surface area contributed by atoms with Gasteiger partial charge >= 0.3 is 0 Å². The summed E-state index contributed by atoms with van der Waals surface area (Å²) in [4.78, 5) is 20.1. The topological polar surface area (TPSA) is 78.5 Å². The summed E-state index contributed by atoms with van der Waals surface area (Å²) in [5.74, 6) is 0.943. The van der Waals surface area contributed by atoms with E-state index in [4.69, 9.17) is 16.3 Å². The Kier molecular flexibility index (Phi) is 4.71. The van der Waals surface area contributed by atoms with E-state index in [-0.39, 0.29) is 23.4 Å². The molecule has 3 aliphatic heterocycles. The van der Waals surface area contributed by atoms with Crippen molar-refractivity contribution in [2.75, 3.05) is 31.2 Å². The summed E-state index contributed by atoms with van der Waals surface area (Å²) >= 11 is 6.35. The van der Waals surface area contributed by atoms with Crippen LogP contribution in [0.3, 0.4) is 0 Å². The van der Waals surface area contributed by atoms with E-state index in [0.717, 1.165) is 54.3 Å². The quantitative estimate of drug-likeness (QED) is 0.637. The Bertz CT molecular complexity index is 964. The highest BCUT2D eigenvalue weighted by atomic mass is 35.5. The number of morpholine rings is 1. The van der Waals surface area contributed by atoms with E-state index < -0.39 is 0 Å². The van der Waals surface area contributed by atoms with Gasteiger partial charge in [-0.25, -0.2) is 4.98 Å². The Morgan fingerprint density at radius 3 is 2.70 bits per heavy atom. The molecule has 0 radical (unpaired) electrons. The van der Waals surface area contributed by atoms with Crippen molar-refractivity contribution in [2.24, 2.45) is 5.41 Å². The molecule has 4 aliphatic rings. The van der Waals surface area contributed by atoms with Gasteiger partial charge in [-0.2, -0.15) is 0 Å². The van der Waals surface area contributed by atoms with Gasteiger partial charge in [-0.3, -0.25) is 4.79 Å². The number of carbonyl (C=O) groups is 1. The number of ether oxygens (including phenoxy) is 1. The van der Waals surface area contributed by atoms with Gasteiger partial charge in [-0.15, -0.1) is 0 Å². The van der Waals surface area contributed by atoms with Gasteiger partial charge in [-0.1, -0.05) is 32.4 Å². The Labute approximate surface area is 181 Å². The van der Waals surface area contributed by atoms with Gasteiger partial charge in [0.05, 0.1) is 13.2 Å². The van der Waals surface area contributed by atoms with Crippen LogP contribution >= 0.6 is 11.6 Å². The molecule has 0 amide bonds. The zero-order valence-electron chi connectivity index (χ0n) is 17.6. The molecule has 5 rings (SSSR count). The molecule has 2 unspecified atom stereocenters. The number of aromatic nitrogens is 1. The lowest BCUT2D eigenvalue weighted by molar-refractivity contribution is -0.113. The fourth-order valence-electron chi connectivity index (χ4n) is 5.16. The van der Waals surface area contributed by atoms with Crippen LogP contribution in [0.5, 0.6) is 0 Å². The molecule has 7 nitrogen and oxygen atoms in total. The first-order valence-corrected chi connectivity index (χ1v) is 11.1. The largest absolute Gasteiger partial charge is 0.384 e. The minimum absolute atomic E-state index is 0.100. The van der Waals surface area contributed by atoms with Crippen LogP contribution in [-0.4, -0.2) is 43.1 Å². The number of ketones is 1. The minimum atomic E-state index is -0.204. The first kappa shape index (κ1) is 19.7. The smallest absolute Gasteiger partial charge is 0.209 e. The predicted octanol–water partition coefficient (Wildman–Crippen LogP) is 2.61. The number of nitrogens with zero attached hydrogens (tertiary/aromatic N) is 2. The summed E-state index contributed by atoms with van der Waals surface area (Å²) in [6.45, 7) is 9.45. The highest BCUT2D eigenvalue weighted by Gasteiger charge is 2.48. The number of Topliss-reactive ketones (excluding diaryl/α,β-unsaturated/α-hetero) is 1. The Morgan fingerprint density at radius 2 is 1.97 bits per heavy atom. The number of pyridine rings is 1. The first-order valence-electron chi connectivity index (χ1n) is 10.7. The van der Waals surface area contributed by atoms with E-state index >= 15 is 0 Å². The standard InChI is InChI=1S/C22H28ClN5O2/c1-4-15-22(2,3)18-13(24-15)11-14-19(20(18)29)27-21(25-14)12-9-16(23)26-17(10-12)28-5-7-30-8-6-28/h9-10,15,21,24-25,27H,4-8,11H2,1-3H3. The highest BCUT2D eigenvalue weighted by Crippen LogP contribution is 2.46. The van der Waals surface area contributed by atoms with Crippen LogP contribution in [0, 0.1) is 5.41 Å². The summed E-state index contributed by atoms with van der Waals surface area (Å²) < 4.78 is 5.44. The van der Waals surface area contributed by atoms with Crippen LogP contribution < -0.4 is 20.9 Å². The number of rotatable bonds is 3. The molecule has 1 fully saturated rings. The molecule has 3 N–H and O–H groups in total. The molecule has 1 saturated heterocycles. The number of carbonyl (C=O) groups excluding carboxylic acids is 1. The van der Waals surface area contributed by atoms with Gasteiger partial charge in [0, 0.05) is 53.5 Å². The van der Waals surface area contributed by atoms with E-state index in [9.17, 15) is 4.79 Å². The van der Waals surface area contributed by atoms with Crippen molar-refractivity contribution in [3.05, 3.63) is 45.5 Å². The lowest BCUT2D eigenvalue weighted by Gasteiger charge is -2.29. The third kappa shape index (κ3) is 3.06. The molecule has 30 heavy (non-hydrogen) atoms. The molecule has 0 saturated carbocycles. The average Bonchev–Trinajstić information content (AvgIpc) is 3.27. The Morgan fingerprint density at radius 1 is 1.20 bits per heavy atom. The summed E-state index contributed by atoms with van der Waals surface area (Å²) in [5, 5.41) is 11.0. The first-order chi connectivity index (χ1) is 14.4. The number of anilines is 1. The molecule has 160 valence electrons. The SMILES string of the molecule is CCC1NC2=C(C(=O)C3=C(C2)NC(c2cc(Cl)nc(N4CCOCC4)c2)N3)C1(C)C. The van der Waals surface area contributed by atoms with Crippen LogP contribution in [0.2, 0.25) is 5.15 Å². The Balaban J connectivity index is 1.38. The van der Waals surface area contributed by atoms with Gasteiger partial charge in [0.1, 0.15) is 22.8 Å². The molecule has 8 heteroatoms. The molecule has 1 aromatic heterocycles. The van der Waals surface area contributed by atoms with Crippen molar-refractivity contribution in [1.82, 2.24) is 20.9 Å². The zero-order chi connectivity index (χ0) is 21.0.